The predicted octanol–water partition coefficient (Wildman–Crippen LogP) is 3.01. The molecule has 0 radical (unpaired) electrons. The van der Waals surface area contributed by atoms with Gasteiger partial charge in [-0.15, -0.1) is 0 Å². The summed E-state index contributed by atoms with van der Waals surface area (Å²) in [6.07, 6.45) is 6.78. The zero-order chi connectivity index (χ0) is 20.7. The van der Waals surface area contributed by atoms with E-state index < -0.39 is 5.97 Å². The number of nitrogens with zero attached hydrogens (tertiary/aromatic N) is 1. The molecule has 2 N–H and O–H groups in total. The molecule has 158 valence electrons. The van der Waals surface area contributed by atoms with E-state index in [1.54, 1.807) is 0 Å². The number of aromatic amines is 1. The van der Waals surface area contributed by atoms with Crippen LogP contribution in [0.15, 0.2) is 24.3 Å². The minimum atomic E-state index is -0.458. The Morgan fingerprint density at radius 2 is 1.73 bits per heavy atom. The number of para-hydroxylation sites is 1. The number of hydrogen-bond acceptors (Lipinski definition) is 5. The molecule has 0 saturated heterocycles. The van der Waals surface area contributed by atoms with Crippen molar-refractivity contribution < 1.29 is 19.1 Å². The van der Waals surface area contributed by atoms with Crippen molar-refractivity contribution in [2.45, 2.75) is 44.9 Å². The van der Waals surface area contributed by atoms with Crippen LogP contribution in [0, 0.1) is 23.2 Å². The summed E-state index contributed by atoms with van der Waals surface area (Å²) in [5.41, 5.74) is 0.839. The van der Waals surface area contributed by atoms with Crippen LogP contribution in [0.3, 0.4) is 0 Å². The third-order valence-electron chi connectivity index (χ3n) is 7.29. The molecule has 0 aliphatic heterocycles. The van der Waals surface area contributed by atoms with Crippen molar-refractivity contribution >= 4 is 28.6 Å². The summed E-state index contributed by atoms with van der Waals surface area (Å²) in [4.78, 5) is 37.3. The molecule has 1 heterocycles. The van der Waals surface area contributed by atoms with E-state index in [2.05, 4.69) is 15.5 Å². The number of fused-ring (bicyclic) bond motifs is 1. The third kappa shape index (κ3) is 3.50. The molecule has 4 aliphatic carbocycles. The average Bonchev–Trinajstić information content (AvgIpc) is 3.15. The molecule has 2 aromatic rings. The molecule has 0 atom stereocenters. The van der Waals surface area contributed by atoms with E-state index in [0.717, 1.165) is 30.2 Å². The number of hydrogen-bond donors (Lipinski definition) is 2. The highest BCUT2D eigenvalue weighted by molar-refractivity contribution is 6.04. The lowest BCUT2D eigenvalue weighted by molar-refractivity contribution is -0.157. The Balaban J connectivity index is 1.09. The van der Waals surface area contributed by atoms with E-state index in [1.807, 2.05) is 24.3 Å². The molecular weight excluding hydrogens is 382 g/mol. The first-order chi connectivity index (χ1) is 14.5. The average molecular weight is 409 g/mol. The first-order valence-electron chi connectivity index (χ1n) is 10.9. The van der Waals surface area contributed by atoms with Crippen LogP contribution >= 0.6 is 0 Å². The van der Waals surface area contributed by atoms with E-state index in [0.29, 0.717) is 23.4 Å². The molecule has 4 saturated carbocycles. The number of carbonyl (C=O) groups is 3. The molecule has 7 heteroatoms. The van der Waals surface area contributed by atoms with Crippen LogP contribution in [0.5, 0.6) is 0 Å². The Hall–Kier alpha value is -2.70. The van der Waals surface area contributed by atoms with Gasteiger partial charge in [-0.3, -0.25) is 19.5 Å². The van der Waals surface area contributed by atoms with E-state index in [9.17, 15) is 14.4 Å². The summed E-state index contributed by atoms with van der Waals surface area (Å²) in [7, 11) is 0. The number of nitrogens with one attached hydrogen (secondary N) is 2. The molecular formula is C23H27N3O4. The Morgan fingerprint density at radius 1 is 1.07 bits per heavy atom. The molecule has 7 nitrogen and oxygen atoms in total. The molecule has 0 unspecified atom stereocenters. The maximum atomic E-state index is 12.9. The third-order valence-corrected chi connectivity index (χ3v) is 7.29. The summed E-state index contributed by atoms with van der Waals surface area (Å²) in [6.45, 7) is 0.00729. The molecule has 30 heavy (non-hydrogen) atoms. The van der Waals surface area contributed by atoms with Crippen LogP contribution in [0.25, 0.3) is 10.9 Å². The molecule has 1 aromatic heterocycles. The maximum Gasteiger partial charge on any atom is 0.308 e. The number of esters is 1. The molecule has 4 aliphatic rings. The number of ether oxygens (including phenoxy) is 1. The fraction of sp³-hybridized carbons (Fsp3) is 0.565. The van der Waals surface area contributed by atoms with E-state index in [1.165, 1.54) is 19.3 Å². The lowest BCUT2D eigenvalue weighted by Crippen LogP contribution is -2.51. The second kappa shape index (κ2) is 7.52. The standard InChI is InChI=1S/C23H27N3O4/c27-19(23-10-14-7-15(11-23)9-16(8-14)12-23)13-30-20(28)5-6-24-22(29)21-17-3-1-2-4-18(17)25-26-21/h1-4,14-16H,5-13H2,(H,24,29)(H,25,26). The molecule has 0 spiro atoms. The summed E-state index contributed by atoms with van der Waals surface area (Å²) in [5.74, 6) is 1.35. The van der Waals surface area contributed by atoms with Gasteiger partial charge in [0.2, 0.25) is 0 Å². The predicted molar refractivity (Wildman–Crippen MR) is 110 cm³/mol. The Bertz CT molecular complexity index is 960. The van der Waals surface area contributed by atoms with Crippen molar-refractivity contribution in [3.63, 3.8) is 0 Å². The highest BCUT2D eigenvalue weighted by Gasteiger charge is 2.54. The lowest BCUT2D eigenvalue weighted by Gasteiger charge is -2.55. The zero-order valence-corrected chi connectivity index (χ0v) is 17.0. The van der Waals surface area contributed by atoms with Gasteiger partial charge in [-0.2, -0.15) is 5.10 Å². The van der Waals surface area contributed by atoms with Crippen LogP contribution < -0.4 is 5.32 Å². The number of amides is 1. The number of H-pyrrole nitrogens is 1. The number of benzene rings is 1. The number of Topliss-reactive ketones (excluding diaryl/α,β-unsaturated/α-hetero) is 1. The van der Waals surface area contributed by atoms with Crippen LogP contribution in [-0.4, -0.2) is 41.0 Å². The fourth-order valence-corrected chi connectivity index (χ4v) is 6.32. The lowest BCUT2D eigenvalue weighted by atomic mass is 9.48. The second-order valence-electron chi connectivity index (χ2n) is 9.41. The van der Waals surface area contributed by atoms with Gasteiger partial charge in [0, 0.05) is 17.3 Å². The van der Waals surface area contributed by atoms with Gasteiger partial charge in [-0.05, 0) is 62.3 Å². The van der Waals surface area contributed by atoms with Crippen LogP contribution in [0.1, 0.15) is 55.4 Å². The van der Waals surface area contributed by atoms with Gasteiger partial charge in [0.25, 0.3) is 5.91 Å². The first kappa shape index (κ1) is 19.3. The molecule has 6 rings (SSSR count). The smallest absolute Gasteiger partial charge is 0.308 e. The summed E-state index contributed by atoms with van der Waals surface area (Å²) >= 11 is 0. The van der Waals surface area contributed by atoms with Gasteiger partial charge >= 0.3 is 5.97 Å². The monoisotopic (exact) mass is 409 g/mol. The SMILES string of the molecule is O=C(CCNC(=O)c1n[nH]c2ccccc12)OCC(=O)C12CC3CC(CC(C3)C1)C2. The number of carbonyl (C=O) groups excluding carboxylic acids is 3. The van der Waals surface area contributed by atoms with Crippen LogP contribution in [-0.2, 0) is 14.3 Å². The van der Waals surface area contributed by atoms with Crippen molar-refractivity contribution in [1.29, 1.82) is 0 Å². The van der Waals surface area contributed by atoms with Gasteiger partial charge < -0.3 is 10.1 Å². The highest BCUT2D eigenvalue weighted by Crippen LogP contribution is 2.60. The van der Waals surface area contributed by atoms with Gasteiger partial charge in [-0.25, -0.2) is 0 Å². The van der Waals surface area contributed by atoms with Gasteiger partial charge in [0.1, 0.15) is 0 Å². The second-order valence-corrected chi connectivity index (χ2v) is 9.41. The summed E-state index contributed by atoms with van der Waals surface area (Å²) in [6, 6.07) is 7.37. The van der Waals surface area contributed by atoms with Crippen molar-refractivity contribution in [3.8, 4) is 0 Å². The quantitative estimate of drug-likeness (QED) is 0.685. The van der Waals surface area contributed by atoms with Gasteiger partial charge in [0.05, 0.1) is 11.9 Å². The Morgan fingerprint density at radius 3 is 2.43 bits per heavy atom. The van der Waals surface area contributed by atoms with Crippen molar-refractivity contribution in [1.82, 2.24) is 15.5 Å². The number of aromatic nitrogens is 2. The van der Waals surface area contributed by atoms with Gasteiger partial charge in [0.15, 0.2) is 18.1 Å². The normalized spacial score (nSPS) is 29.1. The van der Waals surface area contributed by atoms with E-state index >= 15 is 0 Å². The summed E-state index contributed by atoms with van der Waals surface area (Å²) < 4.78 is 5.27. The highest BCUT2D eigenvalue weighted by atomic mass is 16.5. The first-order valence-corrected chi connectivity index (χ1v) is 10.9. The maximum absolute atomic E-state index is 12.9. The van der Waals surface area contributed by atoms with Crippen LogP contribution in [0.2, 0.25) is 0 Å². The van der Waals surface area contributed by atoms with Crippen LogP contribution in [0.4, 0.5) is 0 Å². The summed E-state index contributed by atoms with van der Waals surface area (Å²) in [5, 5.41) is 10.3. The fourth-order valence-electron chi connectivity index (χ4n) is 6.32. The Labute approximate surface area is 174 Å². The number of ketones is 1. The topological polar surface area (TPSA) is 101 Å². The molecule has 1 amide bonds. The van der Waals surface area contributed by atoms with Gasteiger partial charge in [-0.1, -0.05) is 18.2 Å². The van der Waals surface area contributed by atoms with E-state index in [4.69, 9.17) is 4.74 Å². The van der Waals surface area contributed by atoms with Crippen molar-refractivity contribution in [2.75, 3.05) is 13.2 Å². The zero-order valence-electron chi connectivity index (χ0n) is 17.0. The van der Waals surface area contributed by atoms with Crippen molar-refractivity contribution in [2.24, 2.45) is 23.2 Å². The van der Waals surface area contributed by atoms with E-state index in [-0.39, 0.29) is 36.7 Å². The largest absolute Gasteiger partial charge is 0.458 e. The van der Waals surface area contributed by atoms with Crippen molar-refractivity contribution in [3.05, 3.63) is 30.0 Å². The molecule has 4 bridgehead atoms. The molecule has 4 fully saturated rings. The minimum absolute atomic E-state index is 0.0300. The minimum Gasteiger partial charge on any atom is -0.458 e. The Kier molecular flexibility index (Phi) is 4.83. The molecule has 1 aromatic carbocycles. The number of rotatable bonds is 7.